The van der Waals surface area contributed by atoms with Crippen LogP contribution in [0.15, 0.2) is 0 Å². The van der Waals surface area contributed by atoms with Gasteiger partial charge in [-0.15, -0.1) is 0 Å². The fourth-order valence-electron chi connectivity index (χ4n) is 3.75. The molecule has 0 aromatic heterocycles. The maximum absolute atomic E-state index is 12.5. The van der Waals surface area contributed by atoms with Crippen molar-refractivity contribution in [3.63, 3.8) is 0 Å². The Morgan fingerprint density at radius 3 is 2.17 bits per heavy atom. The minimum absolute atomic E-state index is 0.283. The van der Waals surface area contributed by atoms with E-state index in [1.165, 1.54) is 6.42 Å². The van der Waals surface area contributed by atoms with Crippen molar-refractivity contribution in [3.8, 4) is 0 Å². The van der Waals surface area contributed by atoms with Gasteiger partial charge in [0.1, 0.15) is 0 Å². The van der Waals surface area contributed by atoms with Gasteiger partial charge in [-0.25, -0.2) is 0 Å². The van der Waals surface area contributed by atoms with Crippen LogP contribution in [0.5, 0.6) is 0 Å². The van der Waals surface area contributed by atoms with E-state index in [0.717, 1.165) is 45.3 Å². The van der Waals surface area contributed by atoms with Crippen molar-refractivity contribution in [2.75, 3.05) is 19.6 Å². The fraction of sp³-hybridized carbons (Fsp3) is 0.933. The van der Waals surface area contributed by atoms with Crippen molar-refractivity contribution >= 4 is 5.91 Å². The predicted octanol–water partition coefficient (Wildman–Crippen LogP) is 2.26. The van der Waals surface area contributed by atoms with Crippen LogP contribution < -0.4 is 5.73 Å². The monoisotopic (exact) mass is 252 g/mol. The van der Waals surface area contributed by atoms with Crippen molar-refractivity contribution in [3.05, 3.63) is 0 Å². The summed E-state index contributed by atoms with van der Waals surface area (Å²) in [5.74, 6) is 2.69. The molecule has 104 valence electrons. The van der Waals surface area contributed by atoms with Gasteiger partial charge >= 0.3 is 0 Å². The van der Waals surface area contributed by atoms with Gasteiger partial charge in [-0.3, -0.25) is 4.79 Å². The average molecular weight is 252 g/mol. The number of carbonyl (C=O) groups excluding carboxylic acids is 1. The summed E-state index contributed by atoms with van der Waals surface area (Å²) < 4.78 is 0. The predicted molar refractivity (Wildman–Crippen MR) is 74.0 cm³/mol. The first kappa shape index (κ1) is 13.9. The molecule has 1 saturated carbocycles. The Balaban J connectivity index is 1.87. The Kier molecular flexibility index (Phi) is 4.66. The number of rotatable bonds is 2. The molecule has 0 radical (unpaired) electrons. The normalized spacial score (nSPS) is 37.6. The Labute approximate surface area is 111 Å². The summed E-state index contributed by atoms with van der Waals surface area (Å²) in [6.07, 6.45) is 5.67. The van der Waals surface area contributed by atoms with Crippen LogP contribution in [0.2, 0.25) is 0 Å². The Morgan fingerprint density at radius 2 is 1.67 bits per heavy atom. The summed E-state index contributed by atoms with van der Waals surface area (Å²) in [7, 11) is 0. The third-order valence-electron chi connectivity index (χ3n) is 4.71. The van der Waals surface area contributed by atoms with Crippen molar-refractivity contribution in [1.29, 1.82) is 0 Å². The molecule has 18 heavy (non-hydrogen) atoms. The van der Waals surface area contributed by atoms with Gasteiger partial charge < -0.3 is 10.6 Å². The summed E-state index contributed by atoms with van der Waals surface area (Å²) in [5, 5.41) is 0. The van der Waals surface area contributed by atoms with Gasteiger partial charge in [0.15, 0.2) is 0 Å². The third kappa shape index (κ3) is 3.25. The first-order valence-corrected chi connectivity index (χ1v) is 7.59. The molecule has 0 aromatic rings. The molecule has 1 saturated heterocycles. The summed E-state index contributed by atoms with van der Waals surface area (Å²) in [4.78, 5) is 14.7. The Hall–Kier alpha value is -0.570. The molecule has 2 unspecified atom stereocenters. The smallest absolute Gasteiger partial charge is 0.225 e. The van der Waals surface area contributed by atoms with E-state index in [1.54, 1.807) is 0 Å². The van der Waals surface area contributed by atoms with Crippen LogP contribution in [0.1, 0.15) is 46.0 Å². The first-order valence-electron chi connectivity index (χ1n) is 7.59. The van der Waals surface area contributed by atoms with Gasteiger partial charge in [-0.1, -0.05) is 13.8 Å². The molecular weight excluding hydrogens is 224 g/mol. The van der Waals surface area contributed by atoms with Crippen LogP contribution in [-0.2, 0) is 4.79 Å². The standard InChI is InChI=1S/C15H28N2O/c1-11-7-12(2)10-17(9-11)15(18)14-5-3-13(8-16)4-6-14/h11-14H,3-10,16H2,1-2H3. The Bertz CT molecular complexity index is 274. The molecule has 0 spiro atoms. The molecule has 1 aliphatic carbocycles. The van der Waals surface area contributed by atoms with Crippen LogP contribution in [0.3, 0.4) is 0 Å². The molecule has 2 atom stereocenters. The SMILES string of the molecule is CC1CC(C)CN(C(=O)C2CCC(CN)CC2)C1. The zero-order valence-corrected chi connectivity index (χ0v) is 11.9. The highest BCUT2D eigenvalue weighted by Gasteiger charge is 2.32. The molecule has 3 heteroatoms. The van der Waals surface area contributed by atoms with Crippen molar-refractivity contribution < 1.29 is 4.79 Å². The number of piperidine rings is 1. The third-order valence-corrected chi connectivity index (χ3v) is 4.71. The average Bonchev–Trinajstić information content (AvgIpc) is 2.37. The number of carbonyl (C=O) groups is 1. The molecule has 2 rings (SSSR count). The number of amides is 1. The van der Waals surface area contributed by atoms with Gasteiger partial charge in [0, 0.05) is 19.0 Å². The second-order valence-corrected chi connectivity index (χ2v) is 6.64. The maximum Gasteiger partial charge on any atom is 0.225 e. The Morgan fingerprint density at radius 1 is 1.11 bits per heavy atom. The lowest BCUT2D eigenvalue weighted by Crippen LogP contribution is -2.46. The van der Waals surface area contributed by atoms with Crippen LogP contribution in [-0.4, -0.2) is 30.4 Å². The molecule has 3 nitrogen and oxygen atoms in total. The van der Waals surface area contributed by atoms with Crippen LogP contribution in [0.25, 0.3) is 0 Å². The van der Waals surface area contributed by atoms with E-state index < -0.39 is 0 Å². The van der Waals surface area contributed by atoms with Gasteiger partial charge in [-0.05, 0) is 56.4 Å². The summed E-state index contributed by atoms with van der Waals surface area (Å²) >= 11 is 0. The second kappa shape index (κ2) is 6.05. The molecule has 1 amide bonds. The molecule has 1 aliphatic heterocycles. The molecule has 2 N–H and O–H groups in total. The van der Waals surface area contributed by atoms with Gasteiger partial charge in [0.25, 0.3) is 0 Å². The topological polar surface area (TPSA) is 46.3 Å². The highest BCUT2D eigenvalue weighted by atomic mass is 16.2. The number of hydrogen-bond acceptors (Lipinski definition) is 2. The van der Waals surface area contributed by atoms with E-state index in [9.17, 15) is 4.79 Å². The number of nitrogens with two attached hydrogens (primary N) is 1. The van der Waals surface area contributed by atoms with Crippen molar-refractivity contribution in [2.24, 2.45) is 29.4 Å². The molecule has 2 aliphatic rings. The van der Waals surface area contributed by atoms with Crippen molar-refractivity contribution in [2.45, 2.75) is 46.0 Å². The van der Waals surface area contributed by atoms with Gasteiger partial charge in [-0.2, -0.15) is 0 Å². The number of likely N-dealkylation sites (tertiary alicyclic amines) is 1. The van der Waals surface area contributed by atoms with Crippen LogP contribution in [0, 0.1) is 23.7 Å². The van der Waals surface area contributed by atoms with Crippen LogP contribution >= 0.6 is 0 Å². The van der Waals surface area contributed by atoms with Crippen LogP contribution in [0.4, 0.5) is 0 Å². The van der Waals surface area contributed by atoms with Crippen molar-refractivity contribution in [1.82, 2.24) is 4.90 Å². The lowest BCUT2D eigenvalue weighted by atomic mass is 9.80. The molecule has 1 heterocycles. The summed E-state index contributed by atoms with van der Waals surface area (Å²) in [6.45, 7) is 7.27. The fourth-order valence-corrected chi connectivity index (χ4v) is 3.75. The van der Waals surface area contributed by atoms with E-state index in [-0.39, 0.29) is 5.92 Å². The number of hydrogen-bond donors (Lipinski definition) is 1. The van der Waals surface area contributed by atoms with E-state index >= 15 is 0 Å². The maximum atomic E-state index is 12.5. The van der Waals surface area contributed by atoms with E-state index in [0.29, 0.717) is 23.7 Å². The zero-order chi connectivity index (χ0) is 13.1. The molecule has 0 aromatic carbocycles. The lowest BCUT2D eigenvalue weighted by Gasteiger charge is -2.38. The first-order chi connectivity index (χ1) is 8.60. The minimum Gasteiger partial charge on any atom is -0.342 e. The quantitative estimate of drug-likeness (QED) is 0.819. The lowest BCUT2D eigenvalue weighted by molar-refractivity contribution is -0.139. The zero-order valence-electron chi connectivity index (χ0n) is 11.9. The highest BCUT2D eigenvalue weighted by Crippen LogP contribution is 2.31. The second-order valence-electron chi connectivity index (χ2n) is 6.64. The molecular formula is C15H28N2O. The van der Waals surface area contributed by atoms with Gasteiger partial charge in [0.05, 0.1) is 0 Å². The molecule has 0 bridgehead atoms. The summed E-state index contributed by atoms with van der Waals surface area (Å²) in [5.41, 5.74) is 5.71. The number of nitrogens with zero attached hydrogens (tertiary/aromatic N) is 1. The van der Waals surface area contributed by atoms with E-state index in [2.05, 4.69) is 18.7 Å². The van der Waals surface area contributed by atoms with E-state index in [4.69, 9.17) is 5.73 Å². The summed E-state index contributed by atoms with van der Waals surface area (Å²) in [6, 6.07) is 0. The van der Waals surface area contributed by atoms with E-state index in [1.807, 2.05) is 0 Å². The molecule has 2 fully saturated rings. The largest absolute Gasteiger partial charge is 0.342 e. The van der Waals surface area contributed by atoms with Gasteiger partial charge in [0.2, 0.25) is 5.91 Å². The minimum atomic E-state index is 0.283. The highest BCUT2D eigenvalue weighted by molar-refractivity contribution is 5.79.